The summed E-state index contributed by atoms with van der Waals surface area (Å²) in [5.41, 5.74) is 0.692. The highest BCUT2D eigenvalue weighted by Crippen LogP contribution is 2.16. The number of nitrogens with one attached hydrogen (secondary N) is 2. The molecule has 1 unspecified atom stereocenters. The molecule has 3 rings (SSSR count). The van der Waals surface area contributed by atoms with Gasteiger partial charge in [0, 0.05) is 24.7 Å². The maximum Gasteiger partial charge on any atom is 0.251 e. The Morgan fingerprint density at radius 1 is 1.04 bits per heavy atom. The molecule has 2 aliphatic heterocycles. The van der Waals surface area contributed by atoms with Crippen molar-refractivity contribution in [3.63, 3.8) is 0 Å². The first kappa shape index (κ1) is 18.7. The number of carbonyl (C=O) groups is 2. The Hall–Kier alpha value is -1.59. The molecule has 0 saturated carbocycles. The maximum absolute atomic E-state index is 12.5. The predicted molar refractivity (Wildman–Crippen MR) is 96.4 cm³/mol. The van der Waals surface area contributed by atoms with Crippen LogP contribution in [0.15, 0.2) is 30.3 Å². The standard InChI is InChI=1S/C18H25N3O2.ClH/c22-17(14-6-2-1-3-7-14)20-15-9-12-21(13-10-15)18(23)16-8-4-5-11-19-16;/h1-3,6-7,15-16,19H,4-5,8-13H2,(H,20,22);1H. The van der Waals surface area contributed by atoms with Crippen LogP contribution in [-0.2, 0) is 4.79 Å². The van der Waals surface area contributed by atoms with Crippen LogP contribution < -0.4 is 10.6 Å². The summed E-state index contributed by atoms with van der Waals surface area (Å²) in [4.78, 5) is 26.6. The number of nitrogens with zero attached hydrogens (tertiary/aromatic N) is 1. The third kappa shape index (κ3) is 4.71. The Balaban J connectivity index is 0.00000208. The molecule has 0 radical (unpaired) electrons. The van der Waals surface area contributed by atoms with Crippen molar-refractivity contribution < 1.29 is 9.59 Å². The van der Waals surface area contributed by atoms with Gasteiger partial charge in [0.05, 0.1) is 6.04 Å². The van der Waals surface area contributed by atoms with Crippen LogP contribution in [0.1, 0.15) is 42.5 Å². The SMILES string of the molecule is Cl.O=C(NC1CCN(C(=O)C2CCCCN2)CC1)c1ccccc1. The zero-order chi connectivity index (χ0) is 16.1. The number of likely N-dealkylation sites (tertiary alicyclic amines) is 1. The predicted octanol–water partition coefficient (Wildman–Crippen LogP) is 1.97. The molecule has 2 saturated heterocycles. The summed E-state index contributed by atoms with van der Waals surface area (Å²) in [7, 11) is 0. The molecule has 1 atom stereocenters. The van der Waals surface area contributed by atoms with Crippen molar-refractivity contribution in [2.24, 2.45) is 0 Å². The summed E-state index contributed by atoms with van der Waals surface area (Å²) >= 11 is 0. The van der Waals surface area contributed by atoms with Crippen LogP contribution in [0.4, 0.5) is 0 Å². The average Bonchev–Trinajstić information content (AvgIpc) is 2.63. The summed E-state index contributed by atoms with van der Waals surface area (Å²) in [6.07, 6.45) is 4.90. The highest BCUT2D eigenvalue weighted by molar-refractivity contribution is 5.94. The van der Waals surface area contributed by atoms with Gasteiger partial charge in [-0.05, 0) is 44.4 Å². The summed E-state index contributed by atoms with van der Waals surface area (Å²) in [5.74, 6) is 0.210. The van der Waals surface area contributed by atoms with Gasteiger partial charge in [0.1, 0.15) is 0 Å². The van der Waals surface area contributed by atoms with E-state index in [4.69, 9.17) is 0 Å². The van der Waals surface area contributed by atoms with E-state index in [2.05, 4.69) is 10.6 Å². The Morgan fingerprint density at radius 3 is 2.38 bits per heavy atom. The van der Waals surface area contributed by atoms with Gasteiger partial charge >= 0.3 is 0 Å². The Morgan fingerprint density at radius 2 is 1.75 bits per heavy atom. The summed E-state index contributed by atoms with van der Waals surface area (Å²) in [6, 6.07) is 9.44. The van der Waals surface area contributed by atoms with Crippen molar-refractivity contribution in [2.45, 2.75) is 44.2 Å². The zero-order valence-electron chi connectivity index (χ0n) is 13.9. The Labute approximate surface area is 149 Å². The van der Waals surface area contributed by atoms with Gasteiger partial charge in [0.25, 0.3) is 5.91 Å². The van der Waals surface area contributed by atoms with E-state index in [9.17, 15) is 9.59 Å². The quantitative estimate of drug-likeness (QED) is 0.875. The number of halogens is 1. The molecule has 2 N–H and O–H groups in total. The van der Waals surface area contributed by atoms with Crippen LogP contribution in [0.2, 0.25) is 0 Å². The topological polar surface area (TPSA) is 61.4 Å². The first-order valence-electron chi connectivity index (χ1n) is 8.62. The molecule has 2 fully saturated rings. The van der Waals surface area contributed by atoms with Gasteiger partial charge in [0.2, 0.25) is 5.91 Å². The number of hydrogen-bond acceptors (Lipinski definition) is 3. The van der Waals surface area contributed by atoms with Crippen molar-refractivity contribution >= 4 is 24.2 Å². The van der Waals surface area contributed by atoms with Gasteiger partial charge in [0.15, 0.2) is 0 Å². The number of amides is 2. The van der Waals surface area contributed by atoms with Gasteiger partial charge in [-0.2, -0.15) is 0 Å². The Kier molecular flexibility index (Phi) is 7.06. The third-order valence-corrected chi connectivity index (χ3v) is 4.79. The van der Waals surface area contributed by atoms with Crippen molar-refractivity contribution in [2.75, 3.05) is 19.6 Å². The van der Waals surface area contributed by atoms with E-state index in [-0.39, 0.29) is 36.3 Å². The number of hydrogen-bond donors (Lipinski definition) is 2. The lowest BCUT2D eigenvalue weighted by Gasteiger charge is -2.35. The second kappa shape index (κ2) is 9.04. The number of carbonyl (C=O) groups excluding carboxylic acids is 2. The number of rotatable bonds is 3. The maximum atomic E-state index is 12.5. The van der Waals surface area contributed by atoms with Crippen LogP contribution in [0, 0.1) is 0 Å². The van der Waals surface area contributed by atoms with Gasteiger partial charge in [-0.1, -0.05) is 24.6 Å². The van der Waals surface area contributed by atoms with Gasteiger partial charge in [-0.25, -0.2) is 0 Å². The monoisotopic (exact) mass is 351 g/mol. The van der Waals surface area contributed by atoms with Crippen LogP contribution in [0.5, 0.6) is 0 Å². The second-order valence-corrected chi connectivity index (χ2v) is 6.44. The van der Waals surface area contributed by atoms with Crippen LogP contribution in [-0.4, -0.2) is 48.4 Å². The minimum atomic E-state index is -0.0238. The van der Waals surface area contributed by atoms with Crippen LogP contribution in [0.25, 0.3) is 0 Å². The Bertz CT molecular complexity index is 538. The molecule has 24 heavy (non-hydrogen) atoms. The lowest BCUT2D eigenvalue weighted by molar-refractivity contribution is -0.135. The van der Waals surface area contributed by atoms with E-state index in [1.165, 1.54) is 0 Å². The van der Waals surface area contributed by atoms with Gasteiger partial charge in [-0.15, -0.1) is 12.4 Å². The number of piperidine rings is 2. The average molecular weight is 352 g/mol. The fourth-order valence-electron chi connectivity index (χ4n) is 3.39. The highest BCUT2D eigenvalue weighted by Gasteiger charge is 2.29. The molecule has 1 aromatic rings. The molecule has 2 aliphatic rings. The lowest BCUT2D eigenvalue weighted by Crippen LogP contribution is -2.53. The molecular formula is C18H26ClN3O2. The largest absolute Gasteiger partial charge is 0.349 e. The summed E-state index contributed by atoms with van der Waals surface area (Å²) in [5, 5.41) is 6.40. The lowest BCUT2D eigenvalue weighted by atomic mass is 10.00. The molecule has 5 nitrogen and oxygen atoms in total. The minimum absolute atomic E-state index is 0. The summed E-state index contributed by atoms with van der Waals surface area (Å²) < 4.78 is 0. The molecule has 0 spiro atoms. The minimum Gasteiger partial charge on any atom is -0.349 e. The fraction of sp³-hybridized carbons (Fsp3) is 0.556. The van der Waals surface area contributed by atoms with Gasteiger partial charge in [-0.3, -0.25) is 9.59 Å². The first-order chi connectivity index (χ1) is 11.2. The molecule has 0 aromatic heterocycles. The van der Waals surface area contributed by atoms with Crippen molar-refractivity contribution in [3.05, 3.63) is 35.9 Å². The van der Waals surface area contributed by atoms with E-state index in [0.29, 0.717) is 5.56 Å². The molecular weight excluding hydrogens is 326 g/mol. The van der Waals surface area contributed by atoms with E-state index in [0.717, 1.165) is 51.7 Å². The molecule has 0 aliphatic carbocycles. The van der Waals surface area contributed by atoms with Crippen molar-refractivity contribution in [1.29, 1.82) is 0 Å². The van der Waals surface area contributed by atoms with Crippen LogP contribution >= 0.6 is 12.4 Å². The fourth-order valence-corrected chi connectivity index (χ4v) is 3.39. The molecule has 132 valence electrons. The first-order valence-corrected chi connectivity index (χ1v) is 8.62. The molecule has 1 aromatic carbocycles. The van der Waals surface area contributed by atoms with E-state index < -0.39 is 0 Å². The molecule has 6 heteroatoms. The number of benzene rings is 1. The van der Waals surface area contributed by atoms with Crippen molar-refractivity contribution in [1.82, 2.24) is 15.5 Å². The zero-order valence-corrected chi connectivity index (χ0v) is 14.7. The second-order valence-electron chi connectivity index (χ2n) is 6.44. The third-order valence-electron chi connectivity index (χ3n) is 4.79. The van der Waals surface area contributed by atoms with Gasteiger partial charge < -0.3 is 15.5 Å². The van der Waals surface area contributed by atoms with E-state index in [1.807, 2.05) is 35.2 Å². The smallest absolute Gasteiger partial charge is 0.251 e. The highest BCUT2D eigenvalue weighted by atomic mass is 35.5. The molecule has 2 heterocycles. The molecule has 0 bridgehead atoms. The normalized spacial score (nSPS) is 21.7. The van der Waals surface area contributed by atoms with Crippen LogP contribution in [0.3, 0.4) is 0 Å². The molecule has 2 amide bonds. The van der Waals surface area contributed by atoms with E-state index in [1.54, 1.807) is 0 Å². The van der Waals surface area contributed by atoms with E-state index >= 15 is 0 Å². The summed E-state index contributed by atoms with van der Waals surface area (Å²) in [6.45, 7) is 2.41. The van der Waals surface area contributed by atoms with Crippen molar-refractivity contribution in [3.8, 4) is 0 Å².